The summed E-state index contributed by atoms with van der Waals surface area (Å²) in [4.78, 5) is 37.2. The van der Waals surface area contributed by atoms with Gasteiger partial charge >= 0.3 is 0 Å². The second-order valence-electron chi connectivity index (χ2n) is 8.13. The van der Waals surface area contributed by atoms with Gasteiger partial charge in [-0.15, -0.1) is 0 Å². The molecule has 164 valence electrons. The zero-order chi connectivity index (χ0) is 22.9. The highest BCUT2D eigenvalue weighted by Gasteiger charge is 2.23. The van der Waals surface area contributed by atoms with Gasteiger partial charge < -0.3 is 0 Å². The van der Waals surface area contributed by atoms with E-state index in [1.807, 2.05) is 54.6 Å². The number of aromatic nitrogens is 3. The van der Waals surface area contributed by atoms with E-state index >= 15 is 0 Å². The van der Waals surface area contributed by atoms with Gasteiger partial charge in [0, 0.05) is 0 Å². The van der Waals surface area contributed by atoms with E-state index in [2.05, 4.69) is 18.8 Å². The summed E-state index contributed by atoms with van der Waals surface area (Å²) < 4.78 is 2.35. The lowest BCUT2D eigenvalue weighted by molar-refractivity contribution is -0.118. The highest BCUT2D eigenvalue weighted by atomic mass is 32.1. The maximum atomic E-state index is 13.6. The van der Waals surface area contributed by atoms with Gasteiger partial charge in [0.1, 0.15) is 6.54 Å². The molecule has 6 nitrogen and oxygen atoms in total. The van der Waals surface area contributed by atoms with E-state index in [1.54, 1.807) is 23.1 Å². The third-order valence-corrected chi connectivity index (χ3v) is 6.60. The lowest BCUT2D eigenvalue weighted by atomic mass is 10.0. The Bertz CT molecular complexity index is 1490. The second kappa shape index (κ2) is 8.60. The smallest absolute Gasteiger partial charge is 0.261 e. The molecule has 7 heteroatoms. The molecule has 0 unspecified atom stereocenters. The van der Waals surface area contributed by atoms with Crippen molar-refractivity contribution in [3.63, 3.8) is 0 Å². The molecule has 1 amide bonds. The van der Waals surface area contributed by atoms with Crippen LogP contribution in [0.2, 0.25) is 0 Å². The predicted molar refractivity (Wildman–Crippen MR) is 133 cm³/mol. The van der Waals surface area contributed by atoms with Crippen LogP contribution in [0.15, 0.2) is 83.9 Å². The summed E-state index contributed by atoms with van der Waals surface area (Å²) in [6.07, 6.45) is 1.43. The molecule has 0 radical (unpaired) electrons. The Hall–Kier alpha value is -3.84. The van der Waals surface area contributed by atoms with Gasteiger partial charge in [0.15, 0.2) is 5.13 Å². The molecular formula is C26H22N4O2S. The largest absolute Gasteiger partial charge is 0.289 e. The third kappa shape index (κ3) is 4.03. The van der Waals surface area contributed by atoms with Crippen molar-refractivity contribution in [3.05, 3.63) is 95.0 Å². The van der Waals surface area contributed by atoms with Crippen molar-refractivity contribution in [2.75, 3.05) is 4.90 Å². The van der Waals surface area contributed by atoms with Gasteiger partial charge in [-0.2, -0.15) is 0 Å². The predicted octanol–water partition coefficient (Wildman–Crippen LogP) is 5.49. The molecule has 0 aliphatic carbocycles. The van der Waals surface area contributed by atoms with Crippen molar-refractivity contribution in [1.82, 2.24) is 14.5 Å². The van der Waals surface area contributed by atoms with Gasteiger partial charge in [-0.25, -0.2) is 9.97 Å². The monoisotopic (exact) mass is 454 g/mol. The Morgan fingerprint density at radius 1 is 0.970 bits per heavy atom. The normalized spacial score (nSPS) is 11.4. The summed E-state index contributed by atoms with van der Waals surface area (Å²) in [5, 5.41) is 1.06. The van der Waals surface area contributed by atoms with Crippen LogP contribution in [0, 0.1) is 0 Å². The number of nitrogens with zero attached hydrogens (tertiary/aromatic N) is 4. The number of carbonyl (C=O) groups excluding carboxylic acids is 1. The van der Waals surface area contributed by atoms with Crippen LogP contribution in [0.3, 0.4) is 0 Å². The molecule has 0 bridgehead atoms. The first kappa shape index (κ1) is 21.0. The summed E-state index contributed by atoms with van der Waals surface area (Å²) in [6.45, 7) is 4.12. The first-order valence-electron chi connectivity index (χ1n) is 10.7. The zero-order valence-corrected chi connectivity index (χ0v) is 19.1. The fourth-order valence-corrected chi connectivity index (χ4v) is 4.76. The molecule has 5 aromatic rings. The van der Waals surface area contributed by atoms with Crippen molar-refractivity contribution < 1.29 is 4.79 Å². The van der Waals surface area contributed by atoms with Crippen LogP contribution in [-0.2, 0) is 11.3 Å². The summed E-state index contributed by atoms with van der Waals surface area (Å²) in [5.74, 6) is 0.124. The lowest BCUT2D eigenvalue weighted by Gasteiger charge is -2.21. The summed E-state index contributed by atoms with van der Waals surface area (Å²) in [6, 6.07) is 22.8. The maximum Gasteiger partial charge on any atom is 0.261 e. The highest BCUT2D eigenvalue weighted by molar-refractivity contribution is 7.22. The van der Waals surface area contributed by atoms with Gasteiger partial charge in [-0.05, 0) is 47.9 Å². The third-order valence-electron chi connectivity index (χ3n) is 5.58. The molecule has 0 fully saturated rings. The maximum absolute atomic E-state index is 13.6. The van der Waals surface area contributed by atoms with Gasteiger partial charge in [0.2, 0.25) is 0 Å². The first-order chi connectivity index (χ1) is 16.0. The Labute approximate surface area is 194 Å². The number of hydrogen-bond acceptors (Lipinski definition) is 5. The van der Waals surface area contributed by atoms with E-state index in [9.17, 15) is 9.59 Å². The molecule has 0 saturated carbocycles. The average Bonchev–Trinajstić information content (AvgIpc) is 3.25. The van der Waals surface area contributed by atoms with Crippen molar-refractivity contribution in [1.29, 1.82) is 0 Å². The van der Waals surface area contributed by atoms with Crippen LogP contribution in [0.5, 0.6) is 0 Å². The number of para-hydroxylation sites is 2. The number of thiazole rings is 1. The number of amides is 1. The van der Waals surface area contributed by atoms with Crippen molar-refractivity contribution in [3.8, 4) is 0 Å². The van der Waals surface area contributed by atoms with Gasteiger partial charge in [0.25, 0.3) is 11.5 Å². The standard InChI is InChI=1S/C26H22N4O2S/c1-17(2)18-11-13-19(14-12-18)30(26-28-22-9-5-6-10-23(22)33-26)24(31)15-29-16-27-21-8-4-3-7-20(21)25(29)32/h3-14,16-17H,15H2,1-2H3. The molecule has 0 aliphatic rings. The molecule has 2 heterocycles. The zero-order valence-electron chi connectivity index (χ0n) is 18.3. The van der Waals surface area contributed by atoms with Crippen molar-refractivity contribution in [2.24, 2.45) is 0 Å². The number of fused-ring (bicyclic) bond motifs is 2. The summed E-state index contributed by atoms with van der Waals surface area (Å²) in [7, 11) is 0. The van der Waals surface area contributed by atoms with Crippen LogP contribution >= 0.6 is 11.3 Å². The van der Waals surface area contributed by atoms with Gasteiger partial charge in [-0.1, -0.05) is 61.6 Å². The minimum atomic E-state index is -0.259. The van der Waals surface area contributed by atoms with E-state index in [1.165, 1.54) is 27.8 Å². The highest BCUT2D eigenvalue weighted by Crippen LogP contribution is 2.34. The Morgan fingerprint density at radius 3 is 2.39 bits per heavy atom. The van der Waals surface area contributed by atoms with E-state index in [4.69, 9.17) is 4.98 Å². The quantitative estimate of drug-likeness (QED) is 0.352. The minimum Gasteiger partial charge on any atom is -0.289 e. The fraction of sp³-hybridized carbons (Fsp3) is 0.154. The SMILES string of the molecule is CC(C)c1ccc(N(C(=O)Cn2cnc3ccccc3c2=O)c2nc3ccccc3s2)cc1. The molecule has 0 atom stereocenters. The molecule has 3 aromatic carbocycles. The molecule has 5 rings (SSSR count). The van der Waals surface area contributed by atoms with E-state index in [0.29, 0.717) is 27.6 Å². The summed E-state index contributed by atoms with van der Waals surface area (Å²) in [5.41, 5.74) is 3.10. The fourth-order valence-electron chi connectivity index (χ4n) is 3.76. The number of rotatable bonds is 5. The minimum absolute atomic E-state index is 0.140. The van der Waals surface area contributed by atoms with Gasteiger partial charge in [-0.3, -0.25) is 19.1 Å². The summed E-state index contributed by atoms with van der Waals surface area (Å²) >= 11 is 1.45. The number of hydrogen-bond donors (Lipinski definition) is 0. The molecule has 33 heavy (non-hydrogen) atoms. The Balaban J connectivity index is 1.57. The number of carbonyl (C=O) groups is 1. The van der Waals surface area contributed by atoms with E-state index in [0.717, 1.165) is 10.2 Å². The molecule has 2 aromatic heterocycles. The van der Waals surface area contributed by atoms with E-state index in [-0.39, 0.29) is 18.0 Å². The van der Waals surface area contributed by atoms with Crippen LogP contribution in [0.25, 0.3) is 21.1 Å². The van der Waals surface area contributed by atoms with Crippen molar-refractivity contribution >= 4 is 49.2 Å². The number of benzene rings is 3. The van der Waals surface area contributed by atoms with Crippen LogP contribution in [0.4, 0.5) is 10.8 Å². The Kier molecular flexibility index (Phi) is 5.48. The van der Waals surface area contributed by atoms with Crippen molar-refractivity contribution in [2.45, 2.75) is 26.3 Å². The van der Waals surface area contributed by atoms with E-state index < -0.39 is 0 Å². The Morgan fingerprint density at radius 2 is 1.67 bits per heavy atom. The van der Waals surface area contributed by atoms with Gasteiger partial charge in [0.05, 0.1) is 33.1 Å². The molecule has 0 saturated heterocycles. The second-order valence-corrected chi connectivity index (χ2v) is 9.14. The van der Waals surface area contributed by atoms with Crippen LogP contribution in [0.1, 0.15) is 25.3 Å². The topological polar surface area (TPSA) is 68.1 Å². The first-order valence-corrected chi connectivity index (χ1v) is 11.6. The molecule has 0 N–H and O–H groups in total. The lowest BCUT2D eigenvalue weighted by Crippen LogP contribution is -2.33. The number of anilines is 2. The van der Waals surface area contributed by atoms with Crippen LogP contribution in [-0.4, -0.2) is 20.4 Å². The van der Waals surface area contributed by atoms with Crippen LogP contribution < -0.4 is 10.5 Å². The molecule has 0 spiro atoms. The molecular weight excluding hydrogens is 432 g/mol. The molecule has 0 aliphatic heterocycles. The average molecular weight is 455 g/mol.